The summed E-state index contributed by atoms with van der Waals surface area (Å²) < 4.78 is 94.9. The lowest BCUT2D eigenvalue weighted by atomic mass is 10.0. The van der Waals surface area contributed by atoms with Crippen LogP contribution in [0.15, 0.2) is 34.0 Å². The standard InChI is InChI=1S/C25H21F6N3O8/c1-12(35)40-11-19-18(41-13(2)36)9-20(42-19)34-10-14(22(38)33-23(34)39)4-3-5-32-21(37)15-6-16(24(26,27)28)8-17(7-15)25(29,30)31/h6-8,10,18-20H,5,9,11H2,1-2H3,(H,32,37)(H,33,38,39)/t18-,19+,20+/m0/s1. The number of aromatic amines is 1. The van der Waals surface area contributed by atoms with Gasteiger partial charge in [0, 0.05) is 32.0 Å². The zero-order valence-electron chi connectivity index (χ0n) is 21.6. The van der Waals surface area contributed by atoms with Gasteiger partial charge in [0.1, 0.15) is 30.6 Å². The summed E-state index contributed by atoms with van der Waals surface area (Å²) in [7, 11) is 0. The molecule has 1 saturated heterocycles. The molecule has 1 aromatic carbocycles. The SMILES string of the molecule is CC(=O)OC[C@H]1O[C@@H](n2cc(C#CCNC(=O)c3cc(C(F)(F)F)cc(C(F)(F)F)c3)c(=O)[nH]c2=O)C[C@@H]1OC(C)=O. The molecule has 0 saturated carbocycles. The number of rotatable bonds is 6. The number of benzene rings is 1. The number of hydrogen-bond acceptors (Lipinski definition) is 8. The van der Waals surface area contributed by atoms with Gasteiger partial charge in [-0.1, -0.05) is 11.8 Å². The van der Waals surface area contributed by atoms with Gasteiger partial charge in [-0.05, 0) is 18.2 Å². The number of alkyl halides is 6. The molecule has 3 rings (SSSR count). The van der Waals surface area contributed by atoms with E-state index in [1.807, 2.05) is 10.3 Å². The number of esters is 2. The minimum Gasteiger partial charge on any atom is -0.463 e. The monoisotopic (exact) mass is 605 g/mol. The van der Waals surface area contributed by atoms with Crippen molar-refractivity contribution in [1.82, 2.24) is 14.9 Å². The number of amides is 1. The number of aromatic nitrogens is 2. The number of ether oxygens (including phenoxy) is 3. The smallest absolute Gasteiger partial charge is 0.416 e. The second-order valence-corrected chi connectivity index (χ2v) is 8.80. The molecule has 11 nitrogen and oxygen atoms in total. The van der Waals surface area contributed by atoms with Crippen molar-refractivity contribution in [2.45, 2.75) is 51.1 Å². The fourth-order valence-electron chi connectivity index (χ4n) is 3.80. The number of nitrogens with one attached hydrogen (secondary N) is 2. The largest absolute Gasteiger partial charge is 0.463 e. The maximum absolute atomic E-state index is 13.0. The Labute approximate surface area is 231 Å². The molecule has 17 heteroatoms. The van der Waals surface area contributed by atoms with Gasteiger partial charge in [0.2, 0.25) is 0 Å². The van der Waals surface area contributed by atoms with Gasteiger partial charge in [0.15, 0.2) is 0 Å². The quantitative estimate of drug-likeness (QED) is 0.290. The predicted molar refractivity (Wildman–Crippen MR) is 128 cm³/mol. The van der Waals surface area contributed by atoms with E-state index >= 15 is 0 Å². The van der Waals surface area contributed by atoms with Gasteiger partial charge in [0.05, 0.1) is 17.7 Å². The first-order valence-corrected chi connectivity index (χ1v) is 11.8. The van der Waals surface area contributed by atoms with E-state index in [1.165, 1.54) is 0 Å². The Morgan fingerprint density at radius 3 is 2.21 bits per heavy atom. The third-order valence-electron chi connectivity index (χ3n) is 5.64. The van der Waals surface area contributed by atoms with Crippen LogP contribution in [-0.2, 0) is 36.2 Å². The van der Waals surface area contributed by atoms with E-state index in [0.717, 1.165) is 24.6 Å². The van der Waals surface area contributed by atoms with Crippen LogP contribution in [0.4, 0.5) is 26.3 Å². The summed E-state index contributed by atoms with van der Waals surface area (Å²) in [5.74, 6) is 2.06. The van der Waals surface area contributed by atoms with Crippen LogP contribution in [0.5, 0.6) is 0 Å². The summed E-state index contributed by atoms with van der Waals surface area (Å²) in [6.07, 6.45) is -12.3. The van der Waals surface area contributed by atoms with E-state index in [2.05, 4.69) is 11.8 Å². The van der Waals surface area contributed by atoms with Crippen molar-refractivity contribution in [2.24, 2.45) is 0 Å². The number of carbonyl (C=O) groups excluding carboxylic acids is 3. The van der Waals surface area contributed by atoms with E-state index in [-0.39, 0.29) is 36.8 Å². The molecule has 0 radical (unpaired) electrons. The second kappa shape index (κ2) is 12.5. The molecule has 2 N–H and O–H groups in total. The molecule has 0 unspecified atom stereocenters. The van der Waals surface area contributed by atoms with Crippen LogP contribution in [0.2, 0.25) is 0 Å². The van der Waals surface area contributed by atoms with Gasteiger partial charge in [0.25, 0.3) is 11.5 Å². The highest BCUT2D eigenvalue weighted by Crippen LogP contribution is 2.36. The molecule has 42 heavy (non-hydrogen) atoms. The minimum absolute atomic E-state index is 0.0721. The topological polar surface area (TPSA) is 146 Å². The molecule has 1 aliphatic heterocycles. The van der Waals surface area contributed by atoms with Crippen LogP contribution in [0.1, 0.15) is 53.5 Å². The fourth-order valence-corrected chi connectivity index (χ4v) is 3.80. The Morgan fingerprint density at radius 2 is 1.67 bits per heavy atom. The Hall–Kier alpha value is -4.59. The molecule has 3 atom stereocenters. The Morgan fingerprint density at radius 1 is 1.05 bits per heavy atom. The lowest BCUT2D eigenvalue weighted by Crippen LogP contribution is -2.34. The van der Waals surface area contributed by atoms with Gasteiger partial charge in [-0.15, -0.1) is 0 Å². The summed E-state index contributed by atoms with van der Waals surface area (Å²) in [6, 6.07) is 0.370. The average molecular weight is 605 g/mol. The summed E-state index contributed by atoms with van der Waals surface area (Å²) in [5, 5.41) is 2.04. The molecule has 2 aromatic rings. The van der Waals surface area contributed by atoms with Gasteiger partial charge in [-0.3, -0.25) is 28.7 Å². The highest BCUT2D eigenvalue weighted by molar-refractivity contribution is 5.94. The fraction of sp³-hybridized carbons (Fsp3) is 0.400. The van der Waals surface area contributed by atoms with Gasteiger partial charge >= 0.3 is 30.0 Å². The lowest BCUT2D eigenvalue weighted by Gasteiger charge is -2.17. The van der Waals surface area contributed by atoms with Gasteiger partial charge < -0.3 is 19.5 Å². The maximum Gasteiger partial charge on any atom is 0.416 e. The van der Waals surface area contributed by atoms with Crippen LogP contribution in [-0.4, -0.2) is 52.8 Å². The molecule has 1 aromatic heterocycles. The zero-order valence-corrected chi connectivity index (χ0v) is 21.6. The average Bonchev–Trinajstić information content (AvgIpc) is 3.26. The Kier molecular flexibility index (Phi) is 9.51. The molecule has 0 aliphatic carbocycles. The van der Waals surface area contributed by atoms with Crippen molar-refractivity contribution >= 4 is 17.8 Å². The first-order chi connectivity index (χ1) is 19.5. The van der Waals surface area contributed by atoms with Crippen LogP contribution in [0, 0.1) is 11.8 Å². The summed E-state index contributed by atoms with van der Waals surface area (Å²) in [5.41, 5.74) is -6.48. The van der Waals surface area contributed by atoms with Crippen molar-refractivity contribution in [3.63, 3.8) is 0 Å². The first kappa shape index (κ1) is 31.9. The lowest BCUT2D eigenvalue weighted by molar-refractivity contribution is -0.155. The molecular weight excluding hydrogens is 584 g/mol. The van der Waals surface area contributed by atoms with Crippen molar-refractivity contribution in [2.75, 3.05) is 13.2 Å². The third-order valence-corrected chi connectivity index (χ3v) is 5.64. The van der Waals surface area contributed by atoms with E-state index in [0.29, 0.717) is 0 Å². The predicted octanol–water partition coefficient (Wildman–Crippen LogP) is 2.14. The number of carbonyl (C=O) groups is 3. The first-order valence-electron chi connectivity index (χ1n) is 11.8. The van der Waals surface area contributed by atoms with Gasteiger partial charge in [-0.2, -0.15) is 26.3 Å². The van der Waals surface area contributed by atoms with E-state index in [4.69, 9.17) is 14.2 Å². The zero-order chi connectivity index (χ0) is 31.4. The third kappa shape index (κ3) is 8.22. The van der Waals surface area contributed by atoms with E-state index in [1.54, 1.807) is 0 Å². The Bertz CT molecular complexity index is 1520. The normalized spacial score (nSPS) is 18.5. The minimum atomic E-state index is -5.15. The van der Waals surface area contributed by atoms with Crippen molar-refractivity contribution in [1.29, 1.82) is 0 Å². The molecule has 1 amide bonds. The van der Waals surface area contributed by atoms with Crippen LogP contribution < -0.4 is 16.6 Å². The molecule has 0 bridgehead atoms. The van der Waals surface area contributed by atoms with Crippen molar-refractivity contribution in [3.8, 4) is 11.8 Å². The maximum atomic E-state index is 13.0. The molecule has 2 heterocycles. The molecule has 1 fully saturated rings. The summed E-state index contributed by atoms with van der Waals surface area (Å²) >= 11 is 0. The number of hydrogen-bond donors (Lipinski definition) is 2. The molecule has 226 valence electrons. The highest BCUT2D eigenvalue weighted by atomic mass is 19.4. The van der Waals surface area contributed by atoms with Crippen LogP contribution in [0.3, 0.4) is 0 Å². The number of H-pyrrole nitrogens is 1. The second-order valence-electron chi connectivity index (χ2n) is 8.80. The van der Waals surface area contributed by atoms with Crippen molar-refractivity contribution < 1.29 is 54.9 Å². The highest BCUT2D eigenvalue weighted by Gasteiger charge is 2.40. The van der Waals surface area contributed by atoms with E-state index < -0.39 is 83.1 Å². The number of nitrogens with zero attached hydrogens (tertiary/aromatic N) is 1. The molecule has 1 aliphatic rings. The number of halogens is 6. The van der Waals surface area contributed by atoms with Gasteiger partial charge in [-0.25, -0.2) is 4.79 Å². The van der Waals surface area contributed by atoms with Crippen LogP contribution in [0.25, 0.3) is 0 Å². The molecule has 0 spiro atoms. The summed E-state index contributed by atoms with van der Waals surface area (Å²) in [4.78, 5) is 61.5. The van der Waals surface area contributed by atoms with Crippen molar-refractivity contribution in [3.05, 3.63) is 67.5 Å². The van der Waals surface area contributed by atoms with Crippen LogP contribution >= 0.6 is 0 Å². The summed E-state index contributed by atoms with van der Waals surface area (Å²) in [6.45, 7) is 1.38. The molecular formula is C25H21F6N3O8. The van der Waals surface area contributed by atoms with E-state index in [9.17, 15) is 50.3 Å². The Balaban J connectivity index is 1.78.